The van der Waals surface area contributed by atoms with Crippen molar-refractivity contribution >= 4 is 51.9 Å². The fraction of sp³-hybridized carbons (Fsp3) is 0.364. The van der Waals surface area contributed by atoms with Crippen molar-refractivity contribution in [3.63, 3.8) is 0 Å². The number of aromatic nitrogens is 2. The zero-order chi connectivity index (χ0) is 22.1. The molecule has 0 spiro atoms. The summed E-state index contributed by atoms with van der Waals surface area (Å²) in [7, 11) is 1.84. The average molecular weight is 438 g/mol. The molecule has 1 aliphatic heterocycles. The normalized spacial score (nSPS) is 19.8. The molecule has 160 valence electrons. The summed E-state index contributed by atoms with van der Waals surface area (Å²) in [4.78, 5) is 37.2. The minimum Gasteiger partial charge on any atom is -0.383 e. The number of thiazole rings is 1. The predicted octanol–water partition coefficient (Wildman–Crippen LogP) is 2.95. The van der Waals surface area contributed by atoms with E-state index in [4.69, 9.17) is 5.73 Å². The number of pyridine rings is 1. The number of fused-ring (bicyclic) bond motifs is 1. The maximum atomic E-state index is 13.1. The van der Waals surface area contributed by atoms with Crippen LogP contribution in [0.1, 0.15) is 35.9 Å². The van der Waals surface area contributed by atoms with E-state index in [1.54, 1.807) is 29.2 Å². The van der Waals surface area contributed by atoms with Gasteiger partial charge in [-0.3, -0.25) is 9.59 Å². The molecule has 0 radical (unpaired) electrons. The average Bonchev–Trinajstić information content (AvgIpc) is 3.18. The van der Waals surface area contributed by atoms with E-state index in [9.17, 15) is 9.59 Å². The highest BCUT2D eigenvalue weighted by Crippen LogP contribution is 2.34. The van der Waals surface area contributed by atoms with Crippen LogP contribution in [0, 0.1) is 18.9 Å². The zero-order valence-corrected chi connectivity index (χ0v) is 18.5. The van der Waals surface area contributed by atoms with E-state index in [0.29, 0.717) is 24.0 Å². The molecule has 0 aromatic carbocycles. The molecule has 2 aromatic heterocycles. The molecule has 3 heterocycles. The molecule has 9 heteroatoms. The summed E-state index contributed by atoms with van der Waals surface area (Å²) in [5.74, 6) is -0.540. The SMILES string of the molecule is CNc1nc2c(s1)C=[C+]C([C@@H]1CC[C@@H](C)CN1C(=O)C(=O)Nc1cnc(N)c(C)c1)=C2. The van der Waals surface area contributed by atoms with Crippen molar-refractivity contribution in [2.24, 2.45) is 5.92 Å². The molecule has 1 aliphatic carbocycles. The van der Waals surface area contributed by atoms with Crippen molar-refractivity contribution in [1.29, 1.82) is 0 Å². The zero-order valence-electron chi connectivity index (χ0n) is 17.7. The van der Waals surface area contributed by atoms with Crippen LogP contribution in [-0.2, 0) is 9.59 Å². The molecule has 4 N–H and O–H groups in total. The van der Waals surface area contributed by atoms with Crippen LogP contribution in [-0.4, -0.2) is 46.3 Å². The number of nitrogen functional groups attached to an aromatic ring is 1. The lowest BCUT2D eigenvalue weighted by Gasteiger charge is -2.37. The van der Waals surface area contributed by atoms with Gasteiger partial charge in [0.2, 0.25) is 0 Å². The third-order valence-corrected chi connectivity index (χ3v) is 6.60. The van der Waals surface area contributed by atoms with Gasteiger partial charge >= 0.3 is 11.8 Å². The number of hydrogen-bond acceptors (Lipinski definition) is 7. The number of amides is 2. The van der Waals surface area contributed by atoms with E-state index in [2.05, 4.69) is 33.6 Å². The first kappa shape index (κ1) is 21.0. The van der Waals surface area contributed by atoms with Gasteiger partial charge in [-0.25, -0.2) is 4.98 Å². The Morgan fingerprint density at radius 3 is 2.90 bits per heavy atom. The van der Waals surface area contributed by atoms with E-state index in [1.807, 2.05) is 19.2 Å². The lowest BCUT2D eigenvalue weighted by Crippen LogP contribution is -2.51. The summed E-state index contributed by atoms with van der Waals surface area (Å²) >= 11 is 1.56. The largest absolute Gasteiger partial charge is 0.383 e. The lowest BCUT2D eigenvalue weighted by molar-refractivity contribution is -0.145. The fourth-order valence-electron chi connectivity index (χ4n) is 3.86. The maximum Gasteiger partial charge on any atom is 0.313 e. The number of piperidine rings is 1. The third-order valence-electron chi connectivity index (χ3n) is 5.57. The van der Waals surface area contributed by atoms with E-state index in [-0.39, 0.29) is 6.04 Å². The highest BCUT2D eigenvalue weighted by molar-refractivity contribution is 7.16. The van der Waals surface area contributed by atoms with E-state index >= 15 is 0 Å². The standard InChI is InChI=1S/C22H24N6O2S/c1-12-4-6-17(14-5-7-18-16(9-14)27-22(24-3)31-18)28(11-12)21(30)20(29)26-15-8-13(2)19(23)25-10-15/h7-10,12,17H,4,6,11H2,1-3H3,(H3-,23,24,25,26,27,29,30)/p+1/t12-,17+/m1/s1. The Morgan fingerprint density at radius 1 is 1.35 bits per heavy atom. The Morgan fingerprint density at radius 2 is 2.16 bits per heavy atom. The van der Waals surface area contributed by atoms with Gasteiger partial charge in [0.05, 0.1) is 24.0 Å². The minimum absolute atomic E-state index is 0.218. The quantitative estimate of drug-likeness (QED) is 0.503. The van der Waals surface area contributed by atoms with Crippen molar-refractivity contribution < 1.29 is 9.59 Å². The molecule has 0 bridgehead atoms. The third kappa shape index (κ3) is 4.28. The van der Waals surface area contributed by atoms with Crippen molar-refractivity contribution in [3.05, 3.63) is 40.0 Å². The first-order valence-corrected chi connectivity index (χ1v) is 11.0. The molecule has 0 saturated carbocycles. The number of nitrogens with one attached hydrogen (secondary N) is 2. The second-order valence-corrected chi connectivity index (χ2v) is 8.97. The highest BCUT2D eigenvalue weighted by atomic mass is 32.1. The van der Waals surface area contributed by atoms with Crippen molar-refractivity contribution in [2.45, 2.75) is 32.7 Å². The summed E-state index contributed by atoms with van der Waals surface area (Å²) in [6.07, 6.45) is 10.4. The summed E-state index contributed by atoms with van der Waals surface area (Å²) < 4.78 is 0. The molecule has 4 rings (SSSR count). The Bertz CT molecular complexity index is 1090. The smallest absolute Gasteiger partial charge is 0.313 e. The molecule has 1 saturated heterocycles. The van der Waals surface area contributed by atoms with E-state index in [0.717, 1.165) is 39.7 Å². The second-order valence-electron chi connectivity index (χ2n) is 7.94. The molecule has 0 unspecified atom stereocenters. The van der Waals surface area contributed by atoms with Gasteiger partial charge in [0, 0.05) is 19.7 Å². The fourth-order valence-corrected chi connectivity index (χ4v) is 4.64. The Kier molecular flexibility index (Phi) is 5.71. The molecule has 2 aromatic rings. The number of anilines is 3. The highest BCUT2D eigenvalue weighted by Gasteiger charge is 2.38. The van der Waals surface area contributed by atoms with Crippen LogP contribution < -0.4 is 16.4 Å². The Hall–Kier alpha value is -3.29. The first-order valence-electron chi connectivity index (χ1n) is 10.2. The number of nitrogens with two attached hydrogens (primary N) is 1. The molecular formula is C22H25N6O2S+. The van der Waals surface area contributed by atoms with Gasteiger partial charge in [-0.1, -0.05) is 6.92 Å². The monoisotopic (exact) mass is 437 g/mol. The molecular weight excluding hydrogens is 412 g/mol. The number of hydrogen-bond donors (Lipinski definition) is 3. The van der Waals surface area contributed by atoms with Crippen LogP contribution in [0.2, 0.25) is 0 Å². The van der Waals surface area contributed by atoms with E-state index in [1.165, 1.54) is 6.20 Å². The number of carbonyl (C=O) groups excluding carboxylic acids is 2. The van der Waals surface area contributed by atoms with Gasteiger partial charge in [-0.2, -0.15) is 4.98 Å². The van der Waals surface area contributed by atoms with Crippen molar-refractivity contribution in [1.82, 2.24) is 14.9 Å². The van der Waals surface area contributed by atoms with Gasteiger partial charge in [0.25, 0.3) is 0 Å². The number of rotatable bonds is 3. The lowest BCUT2D eigenvalue weighted by atomic mass is 9.88. The Balaban J connectivity index is 1.56. The van der Waals surface area contributed by atoms with Crippen LogP contribution in [0.3, 0.4) is 0 Å². The summed E-state index contributed by atoms with van der Waals surface area (Å²) in [5, 5.41) is 6.54. The van der Waals surface area contributed by atoms with Gasteiger partial charge in [0.1, 0.15) is 17.5 Å². The van der Waals surface area contributed by atoms with Gasteiger partial charge in [-0.15, -0.1) is 0 Å². The first-order chi connectivity index (χ1) is 14.9. The number of aryl methyl sites for hydroxylation is 1. The summed E-state index contributed by atoms with van der Waals surface area (Å²) in [5.41, 5.74) is 8.65. The molecule has 8 nitrogen and oxygen atoms in total. The molecule has 31 heavy (non-hydrogen) atoms. The van der Waals surface area contributed by atoms with Crippen LogP contribution in [0.5, 0.6) is 0 Å². The van der Waals surface area contributed by atoms with Gasteiger partial charge < -0.3 is 21.3 Å². The molecule has 2 amide bonds. The number of nitrogens with zero attached hydrogens (tertiary/aromatic N) is 3. The number of carbonyl (C=O) groups is 2. The summed E-state index contributed by atoms with van der Waals surface area (Å²) in [6, 6.07) is 1.48. The molecule has 1 fully saturated rings. The van der Waals surface area contributed by atoms with Gasteiger partial charge in [0.15, 0.2) is 15.7 Å². The van der Waals surface area contributed by atoms with E-state index < -0.39 is 11.8 Å². The predicted molar refractivity (Wildman–Crippen MR) is 123 cm³/mol. The van der Waals surface area contributed by atoms with Crippen LogP contribution in [0.4, 0.5) is 16.6 Å². The number of likely N-dealkylation sites (tertiary alicyclic amines) is 1. The molecule has 2 atom stereocenters. The van der Waals surface area contributed by atoms with Crippen LogP contribution >= 0.6 is 11.3 Å². The Labute approximate surface area is 185 Å². The minimum atomic E-state index is -0.683. The summed E-state index contributed by atoms with van der Waals surface area (Å²) in [6.45, 7) is 4.40. The van der Waals surface area contributed by atoms with Crippen LogP contribution in [0.15, 0.2) is 17.8 Å². The van der Waals surface area contributed by atoms with Crippen LogP contribution in [0.25, 0.3) is 12.2 Å². The van der Waals surface area contributed by atoms with Crippen molar-refractivity contribution in [2.75, 3.05) is 30.0 Å². The maximum absolute atomic E-state index is 13.1. The van der Waals surface area contributed by atoms with Gasteiger partial charge in [-0.05, 0) is 48.6 Å². The topological polar surface area (TPSA) is 113 Å². The molecule has 2 aliphatic rings. The second kappa shape index (κ2) is 8.45. The van der Waals surface area contributed by atoms with Crippen molar-refractivity contribution in [3.8, 4) is 0 Å².